The van der Waals surface area contributed by atoms with Crippen molar-refractivity contribution in [3.05, 3.63) is 59.6 Å². The fourth-order valence-corrected chi connectivity index (χ4v) is 3.61. The maximum absolute atomic E-state index is 12.5. The number of carbonyl (C=O) groups is 2. The van der Waals surface area contributed by atoms with E-state index in [0.717, 1.165) is 18.5 Å². The number of nitrogens with one attached hydrogen (secondary N) is 1. The zero-order valence-electron chi connectivity index (χ0n) is 16.2. The van der Waals surface area contributed by atoms with Gasteiger partial charge in [0.2, 0.25) is 5.91 Å². The van der Waals surface area contributed by atoms with Crippen molar-refractivity contribution < 1.29 is 9.59 Å². The monoisotopic (exact) mass is 442 g/mol. The van der Waals surface area contributed by atoms with Crippen molar-refractivity contribution in [2.45, 2.75) is 23.9 Å². The molecule has 8 nitrogen and oxygen atoms in total. The molecule has 0 spiro atoms. The molecule has 1 aliphatic rings. The van der Waals surface area contributed by atoms with Crippen LogP contribution in [-0.4, -0.2) is 50.4 Å². The van der Waals surface area contributed by atoms with Crippen molar-refractivity contribution in [1.29, 1.82) is 0 Å². The Hall–Kier alpha value is -2.91. The van der Waals surface area contributed by atoms with E-state index in [1.165, 1.54) is 22.8 Å². The Morgan fingerprint density at radius 1 is 1.27 bits per heavy atom. The zero-order valence-corrected chi connectivity index (χ0v) is 17.7. The van der Waals surface area contributed by atoms with Gasteiger partial charge in [0.25, 0.3) is 5.91 Å². The molecule has 2 aromatic heterocycles. The lowest BCUT2D eigenvalue weighted by atomic mass is 10.3. The molecular formula is C20H19ClN6O2S. The van der Waals surface area contributed by atoms with Crippen molar-refractivity contribution in [2.75, 3.05) is 17.7 Å². The van der Waals surface area contributed by atoms with Gasteiger partial charge in [0, 0.05) is 36.1 Å². The summed E-state index contributed by atoms with van der Waals surface area (Å²) in [7, 11) is 1.71. The second kappa shape index (κ2) is 8.85. The van der Waals surface area contributed by atoms with Gasteiger partial charge in [-0.3, -0.25) is 9.59 Å². The highest BCUT2D eigenvalue weighted by Crippen LogP contribution is 2.22. The molecule has 0 saturated heterocycles. The van der Waals surface area contributed by atoms with Crippen LogP contribution in [-0.2, 0) is 4.79 Å². The first-order valence-corrected chi connectivity index (χ1v) is 10.7. The molecule has 4 rings (SSSR count). The minimum Gasteiger partial charge on any atom is -0.348 e. The fraction of sp³-hybridized carbons (Fsp3) is 0.250. The highest BCUT2D eigenvalue weighted by atomic mass is 35.5. The molecule has 1 aromatic carbocycles. The van der Waals surface area contributed by atoms with Crippen molar-refractivity contribution in [3.63, 3.8) is 0 Å². The van der Waals surface area contributed by atoms with Gasteiger partial charge in [-0.15, -0.1) is 0 Å². The van der Waals surface area contributed by atoms with E-state index in [4.69, 9.17) is 11.6 Å². The van der Waals surface area contributed by atoms with E-state index in [-0.39, 0.29) is 23.6 Å². The van der Waals surface area contributed by atoms with E-state index in [1.807, 2.05) is 6.07 Å². The highest BCUT2D eigenvalue weighted by Gasteiger charge is 2.24. The summed E-state index contributed by atoms with van der Waals surface area (Å²) >= 11 is 7.30. The van der Waals surface area contributed by atoms with Crippen LogP contribution in [0.4, 0.5) is 5.69 Å². The van der Waals surface area contributed by atoms with Gasteiger partial charge in [0.1, 0.15) is 11.4 Å². The van der Waals surface area contributed by atoms with Crippen LogP contribution in [0.5, 0.6) is 0 Å². The summed E-state index contributed by atoms with van der Waals surface area (Å²) in [6.45, 7) is 0. The number of benzene rings is 1. The van der Waals surface area contributed by atoms with E-state index in [9.17, 15) is 9.59 Å². The zero-order chi connectivity index (χ0) is 21.1. The largest absolute Gasteiger partial charge is 0.348 e. The lowest BCUT2D eigenvalue weighted by Gasteiger charge is -2.17. The van der Waals surface area contributed by atoms with E-state index in [2.05, 4.69) is 20.4 Å². The summed E-state index contributed by atoms with van der Waals surface area (Å²) in [6, 6.07) is 10.8. The number of halogens is 1. The number of hydrogen-bond donors (Lipinski definition) is 1. The van der Waals surface area contributed by atoms with Crippen molar-refractivity contribution in [1.82, 2.24) is 25.1 Å². The van der Waals surface area contributed by atoms with Crippen molar-refractivity contribution >= 4 is 40.9 Å². The normalized spacial score (nSPS) is 13.1. The summed E-state index contributed by atoms with van der Waals surface area (Å²) < 4.78 is 1.52. The van der Waals surface area contributed by atoms with Crippen LogP contribution in [0.1, 0.15) is 23.3 Å². The second-order valence-electron chi connectivity index (χ2n) is 6.83. The highest BCUT2D eigenvalue weighted by molar-refractivity contribution is 7.99. The number of nitrogens with zero attached hydrogens (tertiary/aromatic N) is 5. The number of anilines is 1. The molecule has 0 bridgehead atoms. The molecule has 1 N–H and O–H groups in total. The Kier molecular flexibility index (Phi) is 6.01. The van der Waals surface area contributed by atoms with Gasteiger partial charge in [-0.1, -0.05) is 29.4 Å². The minimum absolute atomic E-state index is 0.0828. The van der Waals surface area contributed by atoms with Gasteiger partial charge in [-0.2, -0.15) is 5.10 Å². The topological polar surface area (TPSA) is 93.0 Å². The van der Waals surface area contributed by atoms with Crippen molar-refractivity contribution in [2.24, 2.45) is 0 Å². The van der Waals surface area contributed by atoms with Crippen LogP contribution in [0.2, 0.25) is 5.02 Å². The molecule has 0 unspecified atom stereocenters. The predicted octanol–water partition coefficient (Wildman–Crippen LogP) is 2.96. The average Bonchev–Trinajstić information content (AvgIpc) is 3.42. The summed E-state index contributed by atoms with van der Waals surface area (Å²) in [6.07, 6.45) is 5.12. The predicted molar refractivity (Wildman–Crippen MR) is 115 cm³/mol. The third-order valence-corrected chi connectivity index (χ3v) is 5.66. The Morgan fingerprint density at radius 3 is 2.87 bits per heavy atom. The quantitative estimate of drug-likeness (QED) is 0.446. The standard InChI is InChI=1S/C20H19ClN6O2S/c1-26(15-4-2-3-13(21)9-15)19(28)11-30-18-10-17(22-12-23-18)27-8-7-16(25-27)20(29)24-14-5-6-14/h2-4,7-10,12,14H,5-6,11H2,1H3,(H,24,29). The fourth-order valence-electron chi connectivity index (χ4n) is 2.66. The number of rotatable bonds is 7. The Morgan fingerprint density at radius 2 is 2.10 bits per heavy atom. The molecule has 0 radical (unpaired) electrons. The molecule has 3 aromatic rings. The van der Waals surface area contributed by atoms with Crippen LogP contribution in [0.3, 0.4) is 0 Å². The summed E-state index contributed by atoms with van der Waals surface area (Å²) in [5.74, 6) is 0.455. The van der Waals surface area contributed by atoms with Crippen LogP contribution in [0.25, 0.3) is 5.82 Å². The lowest BCUT2D eigenvalue weighted by Crippen LogP contribution is -2.27. The molecule has 2 heterocycles. The van der Waals surface area contributed by atoms with Crippen LogP contribution in [0.15, 0.2) is 53.9 Å². The number of aromatic nitrogens is 4. The van der Waals surface area contributed by atoms with Crippen LogP contribution >= 0.6 is 23.4 Å². The van der Waals surface area contributed by atoms with Gasteiger partial charge >= 0.3 is 0 Å². The Bertz CT molecular complexity index is 1080. The molecule has 30 heavy (non-hydrogen) atoms. The maximum Gasteiger partial charge on any atom is 0.272 e. The summed E-state index contributed by atoms with van der Waals surface area (Å²) in [5, 5.41) is 8.40. The third-order valence-electron chi connectivity index (χ3n) is 4.51. The summed E-state index contributed by atoms with van der Waals surface area (Å²) in [4.78, 5) is 34.6. The van der Waals surface area contributed by atoms with E-state index >= 15 is 0 Å². The smallest absolute Gasteiger partial charge is 0.272 e. The van der Waals surface area contributed by atoms with E-state index < -0.39 is 0 Å². The number of amides is 2. The van der Waals surface area contributed by atoms with Crippen LogP contribution in [0, 0.1) is 0 Å². The summed E-state index contributed by atoms with van der Waals surface area (Å²) in [5.41, 5.74) is 1.07. The lowest BCUT2D eigenvalue weighted by molar-refractivity contribution is -0.115. The third kappa shape index (κ3) is 4.98. The van der Waals surface area contributed by atoms with Gasteiger partial charge in [-0.05, 0) is 37.1 Å². The average molecular weight is 443 g/mol. The molecule has 154 valence electrons. The Labute approximate surface area is 182 Å². The molecule has 1 saturated carbocycles. The number of carbonyl (C=O) groups excluding carboxylic acids is 2. The number of hydrogen-bond acceptors (Lipinski definition) is 6. The molecule has 0 atom stereocenters. The van der Waals surface area contributed by atoms with Crippen LogP contribution < -0.4 is 10.2 Å². The van der Waals surface area contributed by atoms with E-state index in [1.54, 1.807) is 48.5 Å². The van der Waals surface area contributed by atoms with Gasteiger partial charge in [0.15, 0.2) is 11.5 Å². The minimum atomic E-state index is -0.186. The number of thioether (sulfide) groups is 1. The van der Waals surface area contributed by atoms with Gasteiger partial charge < -0.3 is 10.2 Å². The molecule has 2 amide bonds. The first-order chi connectivity index (χ1) is 14.5. The first kappa shape index (κ1) is 20.4. The van der Waals surface area contributed by atoms with Gasteiger partial charge in [0.05, 0.1) is 5.75 Å². The molecule has 1 fully saturated rings. The molecule has 10 heteroatoms. The van der Waals surface area contributed by atoms with Gasteiger partial charge in [-0.25, -0.2) is 14.6 Å². The van der Waals surface area contributed by atoms with Crippen molar-refractivity contribution in [3.8, 4) is 5.82 Å². The van der Waals surface area contributed by atoms with E-state index in [0.29, 0.717) is 21.6 Å². The second-order valence-corrected chi connectivity index (χ2v) is 8.26. The maximum atomic E-state index is 12.5. The molecular weight excluding hydrogens is 424 g/mol. The molecule has 0 aliphatic heterocycles. The SMILES string of the molecule is CN(C(=O)CSc1cc(-n2ccc(C(=O)NC3CC3)n2)ncn1)c1cccc(Cl)c1. The molecule has 1 aliphatic carbocycles. The first-order valence-electron chi connectivity index (χ1n) is 9.33. The Balaban J connectivity index is 1.39.